The van der Waals surface area contributed by atoms with E-state index in [1.165, 1.54) is 0 Å². The molecule has 2 N–H and O–H groups in total. The van der Waals surface area contributed by atoms with Crippen LogP contribution in [0.1, 0.15) is 26.3 Å². The van der Waals surface area contributed by atoms with E-state index in [0.717, 1.165) is 23.4 Å². The van der Waals surface area contributed by atoms with Crippen molar-refractivity contribution in [3.8, 4) is 5.75 Å². The van der Waals surface area contributed by atoms with Crippen molar-refractivity contribution in [3.63, 3.8) is 0 Å². The van der Waals surface area contributed by atoms with Crippen LogP contribution in [0.4, 0.5) is 0 Å². The second kappa shape index (κ2) is 6.57. The van der Waals surface area contributed by atoms with Crippen molar-refractivity contribution in [1.29, 1.82) is 0 Å². The molecular formula is C15H23NO2. The molecule has 0 aliphatic carbocycles. The van der Waals surface area contributed by atoms with Crippen molar-refractivity contribution in [2.75, 3.05) is 13.2 Å². The van der Waals surface area contributed by atoms with Gasteiger partial charge in [-0.15, -0.1) is 0 Å². The molecule has 0 fully saturated rings. The Balaban J connectivity index is 2.43. The van der Waals surface area contributed by atoms with Crippen molar-refractivity contribution in [2.45, 2.75) is 32.9 Å². The van der Waals surface area contributed by atoms with Crippen LogP contribution in [0.3, 0.4) is 0 Å². The summed E-state index contributed by atoms with van der Waals surface area (Å²) in [7, 11) is 0. The van der Waals surface area contributed by atoms with Gasteiger partial charge in [0.1, 0.15) is 12.4 Å². The highest BCUT2D eigenvalue weighted by molar-refractivity contribution is 5.32. The number of ether oxygens (including phenoxy) is 1. The Labute approximate surface area is 109 Å². The zero-order valence-corrected chi connectivity index (χ0v) is 11.5. The Morgan fingerprint density at radius 1 is 1.33 bits per heavy atom. The molecule has 0 aromatic heterocycles. The van der Waals surface area contributed by atoms with Crippen molar-refractivity contribution in [3.05, 3.63) is 42.0 Å². The molecule has 0 amide bonds. The zero-order chi connectivity index (χ0) is 13.6. The summed E-state index contributed by atoms with van der Waals surface area (Å²) in [5.41, 5.74) is 1.86. The van der Waals surface area contributed by atoms with Gasteiger partial charge in [0.25, 0.3) is 0 Å². The van der Waals surface area contributed by atoms with Gasteiger partial charge in [-0.3, -0.25) is 0 Å². The van der Waals surface area contributed by atoms with Crippen molar-refractivity contribution in [1.82, 2.24) is 5.32 Å². The molecule has 1 aromatic rings. The molecule has 0 saturated heterocycles. The standard InChI is InChI=1S/C15H23NO2/c1-12(9-16-15(2,3)4)11-18-14-8-6-5-7-13(14)10-17/h5-8,16-17H,1,9-11H2,2-4H3. The van der Waals surface area contributed by atoms with Crippen LogP contribution in [-0.4, -0.2) is 23.8 Å². The SMILES string of the molecule is C=C(CNC(C)(C)C)COc1ccccc1CO. The second-order valence-corrected chi connectivity index (χ2v) is 5.41. The van der Waals surface area contributed by atoms with E-state index < -0.39 is 0 Å². The van der Waals surface area contributed by atoms with Crippen LogP contribution in [-0.2, 0) is 6.61 Å². The monoisotopic (exact) mass is 249 g/mol. The predicted molar refractivity (Wildman–Crippen MR) is 74.8 cm³/mol. The highest BCUT2D eigenvalue weighted by Crippen LogP contribution is 2.18. The summed E-state index contributed by atoms with van der Waals surface area (Å²) in [6, 6.07) is 7.49. The normalized spacial score (nSPS) is 11.3. The molecule has 1 aromatic carbocycles. The molecule has 0 radical (unpaired) electrons. The van der Waals surface area contributed by atoms with Gasteiger partial charge in [-0.2, -0.15) is 0 Å². The molecule has 100 valence electrons. The van der Waals surface area contributed by atoms with Crippen molar-refractivity contribution >= 4 is 0 Å². The molecule has 0 heterocycles. The summed E-state index contributed by atoms with van der Waals surface area (Å²) in [6.07, 6.45) is 0. The average Bonchev–Trinajstić information content (AvgIpc) is 2.33. The quantitative estimate of drug-likeness (QED) is 0.761. The van der Waals surface area contributed by atoms with Crippen LogP contribution < -0.4 is 10.1 Å². The van der Waals surface area contributed by atoms with E-state index in [9.17, 15) is 5.11 Å². The van der Waals surface area contributed by atoms with E-state index in [-0.39, 0.29) is 12.1 Å². The second-order valence-electron chi connectivity index (χ2n) is 5.41. The number of rotatable bonds is 6. The van der Waals surface area contributed by atoms with Crippen LogP contribution in [0.25, 0.3) is 0 Å². The van der Waals surface area contributed by atoms with Crippen molar-refractivity contribution < 1.29 is 9.84 Å². The third-order valence-electron chi connectivity index (χ3n) is 2.44. The molecule has 1 rings (SSSR count). The van der Waals surface area contributed by atoms with Crippen LogP contribution in [0.15, 0.2) is 36.4 Å². The van der Waals surface area contributed by atoms with Crippen molar-refractivity contribution in [2.24, 2.45) is 0 Å². The highest BCUT2D eigenvalue weighted by Gasteiger charge is 2.09. The summed E-state index contributed by atoms with van der Waals surface area (Å²) in [6.45, 7) is 11.5. The molecule has 0 saturated carbocycles. The van der Waals surface area contributed by atoms with E-state index in [0.29, 0.717) is 6.61 Å². The minimum absolute atomic E-state index is 0.0110. The fourth-order valence-corrected chi connectivity index (χ4v) is 1.40. The maximum Gasteiger partial charge on any atom is 0.125 e. The number of aliphatic hydroxyl groups excluding tert-OH is 1. The molecule has 18 heavy (non-hydrogen) atoms. The van der Waals surface area contributed by atoms with Gasteiger partial charge in [0.15, 0.2) is 0 Å². The van der Waals surface area contributed by atoms with E-state index in [1.807, 2.05) is 24.3 Å². The lowest BCUT2D eigenvalue weighted by Gasteiger charge is -2.21. The molecule has 0 unspecified atom stereocenters. The molecular weight excluding hydrogens is 226 g/mol. The van der Waals surface area contributed by atoms with Gasteiger partial charge in [-0.25, -0.2) is 0 Å². The average molecular weight is 249 g/mol. The number of benzene rings is 1. The van der Waals surface area contributed by atoms with E-state index in [4.69, 9.17) is 4.74 Å². The summed E-state index contributed by atoms with van der Waals surface area (Å²) in [5, 5.41) is 12.5. The number of nitrogens with one attached hydrogen (secondary N) is 1. The van der Waals surface area contributed by atoms with Crippen LogP contribution in [0.5, 0.6) is 5.75 Å². The van der Waals surface area contributed by atoms with E-state index in [2.05, 4.69) is 32.7 Å². The Bertz CT molecular complexity index is 394. The molecule has 0 aliphatic rings. The molecule has 0 bridgehead atoms. The third-order valence-corrected chi connectivity index (χ3v) is 2.44. The van der Waals surface area contributed by atoms with Gasteiger partial charge in [0.05, 0.1) is 6.61 Å². The van der Waals surface area contributed by atoms with Gasteiger partial charge in [-0.1, -0.05) is 24.8 Å². The predicted octanol–water partition coefficient (Wildman–Crippen LogP) is 2.50. The maximum absolute atomic E-state index is 9.18. The first-order valence-corrected chi connectivity index (χ1v) is 6.15. The first-order chi connectivity index (χ1) is 8.42. The Morgan fingerprint density at radius 2 is 2.00 bits per heavy atom. The van der Waals surface area contributed by atoms with Crippen LogP contribution >= 0.6 is 0 Å². The maximum atomic E-state index is 9.18. The number of para-hydroxylation sites is 1. The molecule has 3 nitrogen and oxygen atoms in total. The van der Waals surface area contributed by atoms with Crippen LogP contribution in [0.2, 0.25) is 0 Å². The Morgan fingerprint density at radius 3 is 2.61 bits per heavy atom. The number of hydrogen-bond acceptors (Lipinski definition) is 3. The van der Waals surface area contributed by atoms with Gasteiger partial charge in [0.2, 0.25) is 0 Å². The topological polar surface area (TPSA) is 41.5 Å². The lowest BCUT2D eigenvalue weighted by Crippen LogP contribution is -2.37. The lowest BCUT2D eigenvalue weighted by molar-refractivity contribution is 0.268. The fraction of sp³-hybridized carbons (Fsp3) is 0.467. The highest BCUT2D eigenvalue weighted by atomic mass is 16.5. The molecule has 0 aliphatic heterocycles. The molecule has 3 heteroatoms. The fourth-order valence-electron chi connectivity index (χ4n) is 1.40. The number of hydrogen-bond donors (Lipinski definition) is 2. The Hall–Kier alpha value is -1.32. The van der Waals surface area contributed by atoms with Gasteiger partial charge in [0, 0.05) is 17.6 Å². The minimum atomic E-state index is -0.0110. The van der Waals surface area contributed by atoms with Gasteiger partial charge in [-0.05, 0) is 32.4 Å². The van der Waals surface area contributed by atoms with E-state index >= 15 is 0 Å². The minimum Gasteiger partial charge on any atom is -0.489 e. The van der Waals surface area contributed by atoms with Gasteiger partial charge >= 0.3 is 0 Å². The largest absolute Gasteiger partial charge is 0.489 e. The first kappa shape index (κ1) is 14.7. The number of aliphatic hydroxyl groups is 1. The summed E-state index contributed by atoms with van der Waals surface area (Å²) >= 11 is 0. The molecule has 0 spiro atoms. The van der Waals surface area contributed by atoms with E-state index in [1.54, 1.807) is 0 Å². The summed E-state index contributed by atoms with van der Waals surface area (Å²) in [5.74, 6) is 0.719. The first-order valence-electron chi connectivity index (χ1n) is 6.15. The van der Waals surface area contributed by atoms with Gasteiger partial charge < -0.3 is 15.2 Å². The zero-order valence-electron chi connectivity index (χ0n) is 11.5. The Kier molecular flexibility index (Phi) is 5.38. The summed E-state index contributed by atoms with van der Waals surface area (Å²) in [4.78, 5) is 0. The summed E-state index contributed by atoms with van der Waals surface area (Å²) < 4.78 is 5.66. The smallest absolute Gasteiger partial charge is 0.125 e. The third kappa shape index (κ3) is 5.34. The van der Waals surface area contributed by atoms with Crippen LogP contribution in [0, 0.1) is 0 Å². The lowest BCUT2D eigenvalue weighted by atomic mass is 10.1. The molecule has 0 atom stereocenters.